The van der Waals surface area contributed by atoms with E-state index in [2.05, 4.69) is 27.3 Å². The number of rotatable bonds is 9. The molecule has 1 atom stereocenters. The molecule has 10 nitrogen and oxygen atoms in total. The van der Waals surface area contributed by atoms with Crippen molar-refractivity contribution in [3.8, 4) is 11.6 Å². The van der Waals surface area contributed by atoms with Gasteiger partial charge in [0.05, 0.1) is 11.6 Å². The molecule has 0 radical (unpaired) electrons. The van der Waals surface area contributed by atoms with Crippen LogP contribution in [0.15, 0.2) is 77.9 Å². The second kappa shape index (κ2) is 18.1. The van der Waals surface area contributed by atoms with Crippen LogP contribution in [-0.2, 0) is 16.1 Å². The first kappa shape index (κ1) is 30.8. The fourth-order valence-corrected chi connectivity index (χ4v) is 2.56. The van der Waals surface area contributed by atoms with E-state index >= 15 is 0 Å². The number of benzene rings is 2. The Labute approximate surface area is 220 Å². The number of carboxylic acids is 1. The molecular formula is C26H30ClN5O5. The monoisotopic (exact) mass is 527 g/mol. The third-order valence-electron chi connectivity index (χ3n) is 4.37. The Balaban J connectivity index is 0.000000292. The van der Waals surface area contributed by atoms with Gasteiger partial charge in [-0.1, -0.05) is 36.7 Å². The number of amides is 3. The molecule has 0 fully saturated rings. The molecule has 3 aromatic rings. The zero-order valence-corrected chi connectivity index (χ0v) is 21.3. The number of carbonyl (C=O) groups excluding carboxylic acids is 2. The summed E-state index contributed by atoms with van der Waals surface area (Å²) in [5, 5.41) is 16.2. The largest absolute Gasteiger partial charge is 0.481 e. The second-order valence-corrected chi connectivity index (χ2v) is 7.73. The van der Waals surface area contributed by atoms with Gasteiger partial charge < -0.3 is 20.5 Å². The highest BCUT2D eigenvalue weighted by Gasteiger charge is 2.07. The van der Waals surface area contributed by atoms with Gasteiger partial charge in [-0.05, 0) is 61.8 Å². The molecule has 2 aromatic carbocycles. The Bertz CT molecular complexity index is 1100. The van der Waals surface area contributed by atoms with Crippen LogP contribution in [-0.4, -0.2) is 48.8 Å². The van der Waals surface area contributed by atoms with Gasteiger partial charge in [0.1, 0.15) is 5.75 Å². The van der Waals surface area contributed by atoms with Crippen molar-refractivity contribution in [2.24, 2.45) is 10.9 Å². The van der Waals surface area contributed by atoms with Gasteiger partial charge in [0.15, 0.2) is 0 Å². The average Bonchev–Trinajstić information content (AvgIpc) is 2.90. The van der Waals surface area contributed by atoms with E-state index in [4.69, 9.17) is 21.4 Å². The Morgan fingerprint density at radius 3 is 2.30 bits per heavy atom. The third-order valence-corrected chi connectivity index (χ3v) is 4.62. The minimum Gasteiger partial charge on any atom is -0.481 e. The molecule has 1 aromatic heterocycles. The van der Waals surface area contributed by atoms with Gasteiger partial charge in [-0.3, -0.25) is 19.9 Å². The van der Waals surface area contributed by atoms with Crippen LogP contribution in [0.2, 0.25) is 5.02 Å². The number of carbonyl (C=O) groups is 3. The predicted octanol–water partition coefficient (Wildman–Crippen LogP) is 4.43. The number of aliphatic carboxylic acids is 1. The molecular weight excluding hydrogens is 498 g/mol. The van der Waals surface area contributed by atoms with Crippen LogP contribution in [0.5, 0.6) is 11.6 Å². The highest BCUT2D eigenvalue weighted by Crippen LogP contribution is 2.21. The molecule has 0 spiro atoms. The van der Waals surface area contributed by atoms with E-state index in [0.29, 0.717) is 30.4 Å². The molecule has 1 unspecified atom stereocenters. The smallest absolute Gasteiger partial charge is 0.321 e. The highest BCUT2D eigenvalue weighted by molar-refractivity contribution is 6.30. The summed E-state index contributed by atoms with van der Waals surface area (Å²) in [7, 11) is 1.74. The number of ether oxygens (including phenoxy) is 1. The number of carboxylic acid groups (broad SMARTS) is 1. The first-order valence-corrected chi connectivity index (χ1v) is 11.4. The maximum Gasteiger partial charge on any atom is 0.321 e. The minimum atomic E-state index is -0.751. The number of hydrogen-bond acceptors (Lipinski definition) is 7. The molecule has 0 saturated heterocycles. The molecule has 196 valence electrons. The van der Waals surface area contributed by atoms with E-state index in [-0.39, 0.29) is 5.92 Å². The molecule has 1 heterocycles. The van der Waals surface area contributed by atoms with Gasteiger partial charge in [0.25, 0.3) is 0 Å². The van der Waals surface area contributed by atoms with E-state index in [0.717, 1.165) is 17.0 Å². The summed E-state index contributed by atoms with van der Waals surface area (Å²) in [4.78, 5) is 38.6. The van der Waals surface area contributed by atoms with Gasteiger partial charge in [-0.2, -0.15) is 0 Å². The van der Waals surface area contributed by atoms with Crippen LogP contribution in [0.3, 0.4) is 0 Å². The van der Waals surface area contributed by atoms with Crippen LogP contribution >= 0.6 is 11.6 Å². The fraction of sp³-hybridized carbons (Fsp3) is 0.192. The predicted molar refractivity (Wildman–Crippen MR) is 144 cm³/mol. The van der Waals surface area contributed by atoms with E-state index in [1.807, 2.05) is 41.7 Å². The molecule has 11 heteroatoms. The van der Waals surface area contributed by atoms with Crippen LogP contribution in [0.4, 0.5) is 10.5 Å². The van der Waals surface area contributed by atoms with Crippen molar-refractivity contribution in [1.82, 2.24) is 20.9 Å². The first-order valence-electron chi connectivity index (χ1n) is 11.0. The second-order valence-electron chi connectivity index (χ2n) is 7.29. The van der Waals surface area contributed by atoms with Crippen molar-refractivity contribution in [3.05, 3.63) is 83.5 Å². The molecule has 0 bridgehead atoms. The standard InChI is InChI=1S/C12H10N2O.C9H9ClN2O2.C5H11NO2/c1-13-10-5-7-11(8-6-10)15-12-4-2-3-9-14-12;10-8-3-1-7(2-4-8)5-11-9(14)12-6-13;1-4(3-6-2)5(7)8/h2-9H,1H2;1-4,6H,5H2,(H2,11,12,13,14);4,6H,3H2,1-2H3,(H,7,8). The number of pyridine rings is 1. The average molecular weight is 528 g/mol. The van der Waals surface area contributed by atoms with Crippen LogP contribution in [0.25, 0.3) is 0 Å². The molecule has 0 aliphatic heterocycles. The fourth-order valence-electron chi connectivity index (χ4n) is 2.43. The molecule has 37 heavy (non-hydrogen) atoms. The van der Waals surface area contributed by atoms with Gasteiger partial charge in [0, 0.05) is 30.4 Å². The maximum absolute atomic E-state index is 10.8. The SMILES string of the molecule is C=Nc1ccc(Oc2ccccn2)cc1.CNCC(C)C(=O)O.O=CNC(=O)NCc1ccc(Cl)cc1. The Morgan fingerprint density at radius 2 is 1.81 bits per heavy atom. The molecule has 0 aliphatic carbocycles. The van der Waals surface area contributed by atoms with Crippen molar-refractivity contribution < 1.29 is 24.2 Å². The quantitative estimate of drug-likeness (QED) is 0.238. The number of aromatic nitrogens is 1. The van der Waals surface area contributed by atoms with Gasteiger partial charge in [-0.15, -0.1) is 0 Å². The molecule has 3 rings (SSSR count). The van der Waals surface area contributed by atoms with Gasteiger partial charge in [-0.25, -0.2) is 9.78 Å². The number of nitrogens with one attached hydrogen (secondary N) is 3. The number of halogens is 1. The molecule has 0 saturated carbocycles. The van der Waals surface area contributed by atoms with Crippen molar-refractivity contribution >= 4 is 42.4 Å². The summed E-state index contributed by atoms with van der Waals surface area (Å²) in [6.45, 7) is 6.00. The minimum absolute atomic E-state index is 0.278. The van der Waals surface area contributed by atoms with E-state index < -0.39 is 12.0 Å². The van der Waals surface area contributed by atoms with Crippen LogP contribution in [0, 0.1) is 5.92 Å². The van der Waals surface area contributed by atoms with Crippen molar-refractivity contribution in [2.45, 2.75) is 13.5 Å². The number of urea groups is 1. The Hall–Kier alpha value is -4.28. The van der Waals surface area contributed by atoms with Gasteiger partial charge in [0.2, 0.25) is 12.3 Å². The normalized spacial score (nSPS) is 10.2. The van der Waals surface area contributed by atoms with Crippen molar-refractivity contribution in [1.29, 1.82) is 0 Å². The Morgan fingerprint density at radius 1 is 1.14 bits per heavy atom. The van der Waals surface area contributed by atoms with Gasteiger partial charge >= 0.3 is 12.0 Å². The zero-order chi connectivity index (χ0) is 27.5. The highest BCUT2D eigenvalue weighted by atomic mass is 35.5. The number of imide groups is 1. The lowest BCUT2D eigenvalue weighted by Crippen LogP contribution is -2.33. The number of nitrogens with zero attached hydrogens (tertiary/aromatic N) is 2. The molecule has 4 N–H and O–H groups in total. The lowest BCUT2D eigenvalue weighted by Gasteiger charge is -2.03. The summed E-state index contributed by atoms with van der Waals surface area (Å²) < 4.78 is 5.50. The lowest BCUT2D eigenvalue weighted by atomic mass is 10.2. The first-order chi connectivity index (χ1) is 17.8. The van der Waals surface area contributed by atoms with E-state index in [1.54, 1.807) is 50.5 Å². The Kier molecular flexibility index (Phi) is 15.0. The maximum atomic E-state index is 10.8. The summed E-state index contributed by atoms with van der Waals surface area (Å²) in [5.41, 5.74) is 1.74. The summed E-state index contributed by atoms with van der Waals surface area (Å²) >= 11 is 5.68. The molecule has 0 aliphatic rings. The van der Waals surface area contributed by atoms with Crippen molar-refractivity contribution in [3.63, 3.8) is 0 Å². The summed E-state index contributed by atoms with van der Waals surface area (Å²) in [6.07, 6.45) is 2.02. The van der Waals surface area contributed by atoms with E-state index in [9.17, 15) is 14.4 Å². The van der Waals surface area contributed by atoms with Crippen LogP contribution < -0.4 is 20.7 Å². The van der Waals surface area contributed by atoms with E-state index in [1.165, 1.54) is 0 Å². The summed E-state index contributed by atoms with van der Waals surface area (Å²) in [6, 6.07) is 19.4. The summed E-state index contributed by atoms with van der Waals surface area (Å²) in [5.74, 6) is 0.289. The zero-order valence-electron chi connectivity index (χ0n) is 20.6. The number of hydrogen-bond donors (Lipinski definition) is 4. The lowest BCUT2D eigenvalue weighted by molar-refractivity contribution is -0.140. The van der Waals surface area contributed by atoms with Crippen LogP contribution in [0.1, 0.15) is 12.5 Å². The number of aliphatic imine (C=N–C) groups is 1. The third kappa shape index (κ3) is 14.0. The molecule has 3 amide bonds. The van der Waals surface area contributed by atoms with Crippen molar-refractivity contribution in [2.75, 3.05) is 13.6 Å². The topological polar surface area (TPSA) is 142 Å².